The molecule has 23 heavy (non-hydrogen) atoms. The minimum Gasteiger partial charge on any atom is -0.465 e. The van der Waals surface area contributed by atoms with E-state index in [1.165, 1.54) is 0 Å². The number of aryl methyl sites for hydroxylation is 1. The second-order valence-corrected chi connectivity index (χ2v) is 5.27. The van der Waals surface area contributed by atoms with Gasteiger partial charge in [0.2, 0.25) is 0 Å². The molecule has 0 unspecified atom stereocenters. The summed E-state index contributed by atoms with van der Waals surface area (Å²) in [6.45, 7) is 2.37. The number of hydrogen-bond donors (Lipinski definition) is 2. The van der Waals surface area contributed by atoms with Gasteiger partial charge in [0.1, 0.15) is 0 Å². The molecule has 0 saturated carbocycles. The highest BCUT2D eigenvalue weighted by Gasteiger charge is 2.16. The average Bonchev–Trinajstić information content (AvgIpc) is 2.89. The maximum Gasteiger partial charge on any atom is 0.310 e. The van der Waals surface area contributed by atoms with Crippen molar-refractivity contribution in [3.63, 3.8) is 0 Å². The Morgan fingerprint density at radius 3 is 2.87 bits per heavy atom. The Kier molecular flexibility index (Phi) is 5.91. The Labute approximate surface area is 134 Å². The monoisotopic (exact) mass is 315 g/mol. The van der Waals surface area contributed by atoms with Gasteiger partial charge >= 0.3 is 5.97 Å². The van der Waals surface area contributed by atoms with Gasteiger partial charge in [-0.25, -0.2) is 0 Å². The van der Waals surface area contributed by atoms with Crippen LogP contribution in [0.15, 0.2) is 29.4 Å². The van der Waals surface area contributed by atoms with Crippen LogP contribution in [-0.4, -0.2) is 29.6 Å². The maximum absolute atomic E-state index is 12.0. The van der Waals surface area contributed by atoms with Gasteiger partial charge in [-0.1, -0.05) is 25.1 Å². The predicted molar refractivity (Wildman–Crippen MR) is 89.3 cm³/mol. The first-order valence-electron chi connectivity index (χ1n) is 7.65. The molecule has 3 N–H and O–H groups in total. The van der Waals surface area contributed by atoms with Gasteiger partial charge < -0.3 is 15.6 Å². The van der Waals surface area contributed by atoms with Gasteiger partial charge in [0.25, 0.3) is 0 Å². The van der Waals surface area contributed by atoms with E-state index in [9.17, 15) is 9.59 Å². The molecule has 122 valence electrons. The van der Waals surface area contributed by atoms with Crippen molar-refractivity contribution in [1.29, 1.82) is 0 Å². The number of aromatic nitrogens is 1. The molecule has 2 aromatic rings. The maximum atomic E-state index is 12.0. The topological polar surface area (TPSA) is 97.5 Å². The minimum absolute atomic E-state index is 0.148. The zero-order valence-corrected chi connectivity index (χ0v) is 13.2. The number of fused-ring (bicyclic) bond motifs is 1. The third kappa shape index (κ3) is 4.42. The third-order valence-corrected chi connectivity index (χ3v) is 3.53. The van der Waals surface area contributed by atoms with E-state index in [2.05, 4.69) is 10.1 Å². The number of carbonyl (C=O) groups excluding carboxylic acids is 2. The van der Waals surface area contributed by atoms with E-state index in [-0.39, 0.29) is 24.6 Å². The normalized spacial score (nSPS) is 11.2. The molecule has 0 fully saturated rings. The van der Waals surface area contributed by atoms with Crippen molar-refractivity contribution < 1.29 is 14.3 Å². The first-order valence-corrected chi connectivity index (χ1v) is 7.65. The molecule has 0 aliphatic rings. The van der Waals surface area contributed by atoms with Gasteiger partial charge in [-0.3, -0.25) is 9.59 Å². The van der Waals surface area contributed by atoms with Crippen LogP contribution < -0.4 is 5.84 Å². The van der Waals surface area contributed by atoms with Gasteiger partial charge in [0.05, 0.1) is 19.2 Å². The number of hydrogen-bond acceptors (Lipinski definition) is 5. The number of ketones is 1. The van der Waals surface area contributed by atoms with Crippen molar-refractivity contribution in [3.05, 3.63) is 35.5 Å². The SMILES string of the molecule is CCCOC(=O)Cc1c(CCC(=O)C=NN)[nH]c2ccccc12. The first kappa shape index (κ1) is 16.7. The highest BCUT2D eigenvalue weighted by atomic mass is 16.5. The van der Waals surface area contributed by atoms with Crippen LogP contribution in [0.25, 0.3) is 10.9 Å². The van der Waals surface area contributed by atoms with Crippen LogP contribution in [-0.2, 0) is 27.2 Å². The zero-order chi connectivity index (χ0) is 16.7. The molecule has 0 saturated heterocycles. The van der Waals surface area contributed by atoms with Crippen LogP contribution in [0, 0.1) is 0 Å². The lowest BCUT2D eigenvalue weighted by Crippen LogP contribution is -2.10. The third-order valence-electron chi connectivity index (χ3n) is 3.53. The minimum atomic E-state index is -0.257. The van der Waals surface area contributed by atoms with E-state index in [1.807, 2.05) is 31.2 Å². The molecule has 1 heterocycles. The van der Waals surface area contributed by atoms with Crippen molar-refractivity contribution >= 4 is 28.9 Å². The molecule has 6 nitrogen and oxygen atoms in total. The van der Waals surface area contributed by atoms with Gasteiger partial charge in [-0.15, -0.1) is 0 Å². The molecule has 0 amide bonds. The molecular formula is C17H21N3O3. The van der Waals surface area contributed by atoms with Crippen molar-refractivity contribution in [2.24, 2.45) is 10.9 Å². The van der Waals surface area contributed by atoms with Crippen LogP contribution in [0.3, 0.4) is 0 Å². The van der Waals surface area contributed by atoms with Crippen LogP contribution in [0.1, 0.15) is 31.0 Å². The molecular weight excluding hydrogens is 294 g/mol. The number of benzene rings is 1. The highest BCUT2D eigenvalue weighted by molar-refractivity contribution is 6.27. The largest absolute Gasteiger partial charge is 0.465 e. The second-order valence-electron chi connectivity index (χ2n) is 5.27. The fourth-order valence-electron chi connectivity index (χ4n) is 2.48. The predicted octanol–water partition coefficient (Wildman–Crippen LogP) is 2.11. The number of nitrogens with two attached hydrogens (primary N) is 1. The molecule has 1 aromatic carbocycles. The molecule has 0 atom stereocenters. The molecule has 1 aromatic heterocycles. The Hall–Kier alpha value is -2.63. The van der Waals surface area contributed by atoms with Crippen molar-refractivity contribution in [2.45, 2.75) is 32.6 Å². The van der Waals surface area contributed by atoms with E-state index >= 15 is 0 Å². The van der Waals surface area contributed by atoms with Crippen LogP contribution in [0.2, 0.25) is 0 Å². The lowest BCUT2D eigenvalue weighted by atomic mass is 10.0. The average molecular weight is 315 g/mol. The summed E-state index contributed by atoms with van der Waals surface area (Å²) in [4.78, 5) is 26.8. The number of H-pyrrole nitrogens is 1. The number of aromatic amines is 1. The summed E-state index contributed by atoms with van der Waals surface area (Å²) in [6.07, 6.45) is 2.87. The Morgan fingerprint density at radius 2 is 2.13 bits per heavy atom. The number of para-hydroxylation sites is 1. The van der Waals surface area contributed by atoms with Gasteiger partial charge in [-0.05, 0) is 24.5 Å². The van der Waals surface area contributed by atoms with E-state index in [4.69, 9.17) is 10.6 Å². The number of rotatable bonds is 8. The summed E-state index contributed by atoms with van der Waals surface area (Å²) in [5, 5.41) is 4.22. The Balaban J connectivity index is 2.22. The summed E-state index contributed by atoms with van der Waals surface area (Å²) in [7, 11) is 0. The second kappa shape index (κ2) is 8.12. The van der Waals surface area contributed by atoms with Crippen LogP contribution >= 0.6 is 0 Å². The molecule has 0 aliphatic heterocycles. The fraction of sp³-hybridized carbons (Fsp3) is 0.353. The lowest BCUT2D eigenvalue weighted by Gasteiger charge is -2.05. The number of ether oxygens (including phenoxy) is 1. The van der Waals surface area contributed by atoms with E-state index in [0.717, 1.165) is 34.8 Å². The molecule has 2 rings (SSSR count). The molecule has 0 bridgehead atoms. The van der Waals surface area contributed by atoms with Crippen molar-refractivity contribution in [1.82, 2.24) is 4.98 Å². The van der Waals surface area contributed by atoms with Crippen molar-refractivity contribution in [3.8, 4) is 0 Å². The van der Waals surface area contributed by atoms with E-state index in [1.54, 1.807) is 0 Å². The standard InChI is InChI=1S/C17H21N3O3/c1-2-9-23-17(22)10-14-13-5-3-4-6-15(13)20-16(14)8-7-12(21)11-19-18/h3-6,11,20H,2,7-10,18H2,1H3. The Morgan fingerprint density at radius 1 is 1.35 bits per heavy atom. The molecule has 0 spiro atoms. The number of esters is 1. The number of nitrogens with one attached hydrogen (secondary N) is 1. The van der Waals surface area contributed by atoms with E-state index < -0.39 is 0 Å². The van der Waals surface area contributed by atoms with Crippen LogP contribution in [0.4, 0.5) is 0 Å². The number of carbonyl (C=O) groups is 2. The summed E-state index contributed by atoms with van der Waals surface area (Å²) in [5.41, 5.74) is 2.71. The highest BCUT2D eigenvalue weighted by Crippen LogP contribution is 2.24. The summed E-state index contributed by atoms with van der Waals surface area (Å²) < 4.78 is 5.18. The summed E-state index contributed by atoms with van der Waals surface area (Å²) in [6, 6.07) is 7.75. The van der Waals surface area contributed by atoms with E-state index in [0.29, 0.717) is 13.0 Å². The van der Waals surface area contributed by atoms with Gasteiger partial charge in [-0.2, -0.15) is 5.10 Å². The van der Waals surface area contributed by atoms with Crippen molar-refractivity contribution in [2.75, 3.05) is 6.61 Å². The lowest BCUT2D eigenvalue weighted by molar-refractivity contribution is -0.142. The van der Waals surface area contributed by atoms with Gasteiger partial charge in [0, 0.05) is 23.0 Å². The van der Waals surface area contributed by atoms with Gasteiger partial charge in [0.15, 0.2) is 5.78 Å². The zero-order valence-electron chi connectivity index (χ0n) is 13.2. The molecule has 6 heteroatoms. The molecule has 0 aliphatic carbocycles. The number of Topliss-reactive ketones (excluding diaryl/α,β-unsaturated/α-hetero) is 1. The van der Waals surface area contributed by atoms with Crippen LogP contribution in [0.5, 0.6) is 0 Å². The molecule has 0 radical (unpaired) electrons. The summed E-state index contributed by atoms with van der Waals surface area (Å²) in [5.74, 6) is 4.58. The summed E-state index contributed by atoms with van der Waals surface area (Å²) >= 11 is 0. The fourth-order valence-corrected chi connectivity index (χ4v) is 2.48. The smallest absolute Gasteiger partial charge is 0.310 e. The quantitative estimate of drug-likeness (QED) is 0.337. The number of nitrogens with zero attached hydrogens (tertiary/aromatic N) is 1. The Bertz CT molecular complexity index is 719. The number of hydrazone groups is 1. The first-order chi connectivity index (χ1) is 11.2.